The van der Waals surface area contributed by atoms with E-state index in [2.05, 4.69) is 57.8 Å². The second-order valence-corrected chi connectivity index (χ2v) is 5.58. The Kier molecular flexibility index (Phi) is 4.43. The molecule has 1 aliphatic heterocycles. The minimum atomic E-state index is 1.01. The molecule has 0 amide bonds. The summed E-state index contributed by atoms with van der Waals surface area (Å²) in [6.45, 7) is 7.51. The summed E-state index contributed by atoms with van der Waals surface area (Å²) >= 11 is 2.37. The third-order valence-corrected chi connectivity index (χ3v) is 4.30. The lowest BCUT2D eigenvalue weighted by atomic mass is 10.1. The summed E-state index contributed by atoms with van der Waals surface area (Å²) in [6, 6.07) is 4.40. The molecule has 0 bridgehead atoms. The van der Waals surface area contributed by atoms with Crippen molar-refractivity contribution >= 4 is 22.6 Å². The zero-order valence-corrected chi connectivity index (χ0v) is 12.3. The highest BCUT2D eigenvalue weighted by atomic mass is 127. The van der Waals surface area contributed by atoms with Crippen LogP contribution in [0, 0.1) is 22.8 Å². The van der Waals surface area contributed by atoms with E-state index in [1.807, 2.05) is 0 Å². The fraction of sp³-hybridized carbons (Fsp3) is 0.429. The SMILES string of the molecule is C#Cc1cc(CN2CCNCC2)cc(I)c1C. The van der Waals surface area contributed by atoms with Gasteiger partial charge in [0.15, 0.2) is 0 Å². The summed E-state index contributed by atoms with van der Waals surface area (Å²) in [5.74, 6) is 2.78. The van der Waals surface area contributed by atoms with Crippen LogP contribution in [0.15, 0.2) is 12.1 Å². The largest absolute Gasteiger partial charge is 0.314 e. The lowest BCUT2D eigenvalue weighted by Gasteiger charge is -2.27. The number of terminal acetylenes is 1. The van der Waals surface area contributed by atoms with E-state index in [-0.39, 0.29) is 0 Å². The molecule has 1 N–H and O–H groups in total. The first-order valence-electron chi connectivity index (χ1n) is 5.89. The molecule has 17 heavy (non-hydrogen) atoms. The van der Waals surface area contributed by atoms with Gasteiger partial charge in [0.25, 0.3) is 0 Å². The number of halogens is 1. The molecule has 1 fully saturated rings. The molecule has 0 spiro atoms. The molecule has 0 atom stereocenters. The molecule has 1 aliphatic rings. The van der Waals surface area contributed by atoms with Gasteiger partial charge >= 0.3 is 0 Å². The van der Waals surface area contributed by atoms with Crippen LogP contribution in [0.4, 0.5) is 0 Å². The van der Waals surface area contributed by atoms with Crippen LogP contribution in [0.2, 0.25) is 0 Å². The molecule has 1 saturated heterocycles. The Morgan fingerprint density at radius 3 is 2.76 bits per heavy atom. The summed E-state index contributed by atoms with van der Waals surface area (Å²) in [6.07, 6.45) is 5.54. The van der Waals surface area contributed by atoms with Gasteiger partial charge in [-0.15, -0.1) is 6.42 Å². The monoisotopic (exact) mass is 340 g/mol. The normalized spacial score (nSPS) is 16.8. The number of nitrogens with zero attached hydrogens (tertiary/aromatic N) is 1. The summed E-state index contributed by atoms with van der Waals surface area (Å²) in [5.41, 5.74) is 3.58. The number of rotatable bonds is 2. The minimum absolute atomic E-state index is 1.01. The molecule has 1 aromatic carbocycles. The Morgan fingerprint density at radius 1 is 1.41 bits per heavy atom. The number of hydrogen-bond donors (Lipinski definition) is 1. The second-order valence-electron chi connectivity index (χ2n) is 4.42. The fourth-order valence-corrected chi connectivity index (χ4v) is 2.79. The van der Waals surface area contributed by atoms with E-state index in [0.29, 0.717) is 0 Å². The van der Waals surface area contributed by atoms with Crippen LogP contribution >= 0.6 is 22.6 Å². The van der Waals surface area contributed by atoms with Crippen molar-refractivity contribution in [3.05, 3.63) is 32.4 Å². The van der Waals surface area contributed by atoms with E-state index in [0.717, 1.165) is 38.3 Å². The zero-order chi connectivity index (χ0) is 12.3. The first kappa shape index (κ1) is 12.9. The molecular weight excluding hydrogens is 323 g/mol. The molecule has 90 valence electrons. The van der Waals surface area contributed by atoms with Gasteiger partial charge in [-0.3, -0.25) is 4.90 Å². The summed E-state index contributed by atoms with van der Waals surface area (Å²) in [5, 5.41) is 3.37. The second kappa shape index (κ2) is 5.85. The van der Waals surface area contributed by atoms with Gasteiger partial charge < -0.3 is 5.32 Å². The van der Waals surface area contributed by atoms with Crippen molar-refractivity contribution in [2.75, 3.05) is 26.2 Å². The van der Waals surface area contributed by atoms with E-state index in [4.69, 9.17) is 6.42 Å². The number of nitrogens with one attached hydrogen (secondary N) is 1. The van der Waals surface area contributed by atoms with Gasteiger partial charge in [0.2, 0.25) is 0 Å². The van der Waals surface area contributed by atoms with Crippen molar-refractivity contribution in [1.29, 1.82) is 0 Å². The predicted molar refractivity (Wildman–Crippen MR) is 80.0 cm³/mol. The van der Waals surface area contributed by atoms with Gasteiger partial charge in [0, 0.05) is 41.9 Å². The highest BCUT2D eigenvalue weighted by Crippen LogP contribution is 2.19. The lowest BCUT2D eigenvalue weighted by molar-refractivity contribution is 0.233. The highest BCUT2D eigenvalue weighted by molar-refractivity contribution is 14.1. The van der Waals surface area contributed by atoms with Crippen molar-refractivity contribution in [3.63, 3.8) is 0 Å². The van der Waals surface area contributed by atoms with Gasteiger partial charge in [0.1, 0.15) is 0 Å². The standard InChI is InChI=1S/C14H17IN2/c1-3-13-8-12(9-14(15)11(13)2)10-17-6-4-16-5-7-17/h1,8-9,16H,4-7,10H2,2H3. The first-order chi connectivity index (χ1) is 8.20. The topological polar surface area (TPSA) is 15.3 Å². The Labute approximate surface area is 117 Å². The smallest absolute Gasteiger partial charge is 0.0285 e. The van der Waals surface area contributed by atoms with Crippen LogP contribution in [0.25, 0.3) is 0 Å². The average molecular weight is 340 g/mol. The van der Waals surface area contributed by atoms with E-state index < -0.39 is 0 Å². The Morgan fingerprint density at radius 2 is 2.12 bits per heavy atom. The first-order valence-corrected chi connectivity index (χ1v) is 6.97. The van der Waals surface area contributed by atoms with Gasteiger partial charge in [0.05, 0.1) is 0 Å². The van der Waals surface area contributed by atoms with E-state index in [9.17, 15) is 0 Å². The molecule has 2 rings (SSSR count). The van der Waals surface area contributed by atoms with Crippen molar-refractivity contribution in [3.8, 4) is 12.3 Å². The molecule has 3 heteroatoms. The molecule has 0 aromatic heterocycles. The number of benzene rings is 1. The van der Waals surface area contributed by atoms with Crippen LogP contribution in [-0.4, -0.2) is 31.1 Å². The van der Waals surface area contributed by atoms with Gasteiger partial charge in [-0.05, 0) is 52.8 Å². The molecule has 0 saturated carbocycles. The highest BCUT2D eigenvalue weighted by Gasteiger charge is 2.11. The molecule has 1 heterocycles. The van der Waals surface area contributed by atoms with Crippen molar-refractivity contribution in [1.82, 2.24) is 10.2 Å². The minimum Gasteiger partial charge on any atom is -0.314 e. The van der Waals surface area contributed by atoms with Crippen LogP contribution < -0.4 is 5.32 Å². The Hall–Kier alpha value is -0.570. The molecule has 0 aliphatic carbocycles. The summed E-state index contributed by atoms with van der Waals surface area (Å²) < 4.78 is 1.27. The Balaban J connectivity index is 2.16. The summed E-state index contributed by atoms with van der Waals surface area (Å²) in [4.78, 5) is 2.47. The third kappa shape index (κ3) is 3.21. The molecule has 2 nitrogen and oxygen atoms in total. The van der Waals surface area contributed by atoms with Crippen molar-refractivity contribution < 1.29 is 0 Å². The van der Waals surface area contributed by atoms with Crippen molar-refractivity contribution in [2.24, 2.45) is 0 Å². The van der Waals surface area contributed by atoms with Crippen molar-refractivity contribution in [2.45, 2.75) is 13.5 Å². The molecule has 0 radical (unpaired) electrons. The Bertz CT molecular complexity index is 442. The molecule has 0 unspecified atom stereocenters. The maximum atomic E-state index is 5.54. The summed E-state index contributed by atoms with van der Waals surface area (Å²) in [7, 11) is 0. The van der Waals surface area contributed by atoms with Gasteiger partial charge in [-0.1, -0.05) is 5.92 Å². The van der Waals surface area contributed by atoms with E-state index in [1.54, 1.807) is 0 Å². The third-order valence-electron chi connectivity index (χ3n) is 3.18. The molecular formula is C14H17IN2. The van der Waals surface area contributed by atoms with Crippen LogP contribution in [0.5, 0.6) is 0 Å². The maximum Gasteiger partial charge on any atom is 0.0285 e. The maximum absolute atomic E-state index is 5.54. The van der Waals surface area contributed by atoms with E-state index >= 15 is 0 Å². The lowest BCUT2D eigenvalue weighted by Crippen LogP contribution is -2.42. The van der Waals surface area contributed by atoms with Gasteiger partial charge in [-0.25, -0.2) is 0 Å². The number of hydrogen-bond acceptors (Lipinski definition) is 2. The quantitative estimate of drug-likeness (QED) is 0.654. The average Bonchev–Trinajstić information content (AvgIpc) is 2.35. The van der Waals surface area contributed by atoms with Gasteiger partial charge in [-0.2, -0.15) is 0 Å². The van der Waals surface area contributed by atoms with Crippen LogP contribution in [0.1, 0.15) is 16.7 Å². The zero-order valence-electron chi connectivity index (χ0n) is 10.1. The fourth-order valence-electron chi connectivity index (χ4n) is 2.10. The molecule has 1 aromatic rings. The van der Waals surface area contributed by atoms with Crippen LogP contribution in [0.3, 0.4) is 0 Å². The predicted octanol–water partition coefficient (Wildman–Crippen LogP) is 1.99. The number of piperazine rings is 1. The van der Waals surface area contributed by atoms with Crippen LogP contribution in [-0.2, 0) is 6.54 Å². The van der Waals surface area contributed by atoms with E-state index in [1.165, 1.54) is 14.7 Å².